The Morgan fingerprint density at radius 3 is 3.44 bits per heavy atom. The van der Waals surface area contributed by atoms with Crippen molar-refractivity contribution >= 4 is 28.0 Å². The maximum absolute atomic E-state index is 4.01. The van der Waals surface area contributed by atoms with Gasteiger partial charge in [0.1, 0.15) is 0 Å². The SMILES string of the molecule is C1=NSSc2cc[nH]c21. The Kier molecular flexibility index (Phi) is 1.28. The van der Waals surface area contributed by atoms with Gasteiger partial charge < -0.3 is 4.98 Å². The molecule has 0 saturated heterocycles. The van der Waals surface area contributed by atoms with Gasteiger partial charge in [0.2, 0.25) is 0 Å². The molecule has 0 fully saturated rings. The summed E-state index contributed by atoms with van der Waals surface area (Å²) in [4.78, 5) is 4.35. The fraction of sp³-hybridized carbons (Fsp3) is 0. The second-order valence-corrected chi connectivity index (χ2v) is 3.56. The van der Waals surface area contributed by atoms with Crippen molar-refractivity contribution in [1.29, 1.82) is 0 Å². The highest BCUT2D eigenvalue weighted by atomic mass is 33.1. The lowest BCUT2D eigenvalue weighted by molar-refractivity contribution is 1.34. The maximum atomic E-state index is 4.01. The molecule has 0 spiro atoms. The van der Waals surface area contributed by atoms with Crippen LogP contribution >= 0.6 is 21.8 Å². The first-order chi connectivity index (χ1) is 4.47. The number of hydrogen-bond donors (Lipinski definition) is 1. The van der Waals surface area contributed by atoms with Gasteiger partial charge in [0.15, 0.2) is 0 Å². The molecule has 1 aliphatic rings. The number of H-pyrrole nitrogens is 1. The first kappa shape index (κ1) is 5.44. The number of aromatic nitrogens is 1. The van der Waals surface area contributed by atoms with Crippen molar-refractivity contribution in [1.82, 2.24) is 4.98 Å². The van der Waals surface area contributed by atoms with Crippen LogP contribution in [0.2, 0.25) is 0 Å². The molecule has 0 amide bonds. The Labute approximate surface area is 60.7 Å². The zero-order valence-electron chi connectivity index (χ0n) is 4.50. The molecular weight excluding hydrogens is 152 g/mol. The van der Waals surface area contributed by atoms with Crippen LogP contribution in [0.5, 0.6) is 0 Å². The van der Waals surface area contributed by atoms with E-state index in [1.807, 2.05) is 12.4 Å². The van der Waals surface area contributed by atoms with Gasteiger partial charge in [0.05, 0.1) is 11.9 Å². The van der Waals surface area contributed by atoms with Crippen LogP contribution in [0, 0.1) is 0 Å². The molecule has 9 heavy (non-hydrogen) atoms. The molecule has 46 valence electrons. The molecule has 0 radical (unpaired) electrons. The van der Waals surface area contributed by atoms with Gasteiger partial charge in [-0.2, -0.15) is 0 Å². The molecule has 0 bridgehead atoms. The minimum atomic E-state index is 1.12. The van der Waals surface area contributed by atoms with Gasteiger partial charge in [-0.25, -0.2) is 4.40 Å². The fourth-order valence-electron chi connectivity index (χ4n) is 0.677. The van der Waals surface area contributed by atoms with E-state index in [4.69, 9.17) is 0 Å². The highest BCUT2D eigenvalue weighted by Crippen LogP contribution is 2.36. The molecule has 1 aromatic rings. The van der Waals surface area contributed by atoms with Gasteiger partial charge in [0, 0.05) is 22.1 Å². The summed E-state index contributed by atoms with van der Waals surface area (Å²) in [5.74, 6) is 0. The van der Waals surface area contributed by atoms with E-state index >= 15 is 0 Å². The van der Waals surface area contributed by atoms with Crippen molar-refractivity contribution in [3.05, 3.63) is 18.0 Å². The molecule has 4 heteroatoms. The van der Waals surface area contributed by atoms with E-state index in [-0.39, 0.29) is 0 Å². The largest absolute Gasteiger partial charge is 0.359 e. The first-order valence-electron chi connectivity index (χ1n) is 2.51. The molecule has 0 saturated carbocycles. The van der Waals surface area contributed by atoms with Gasteiger partial charge in [-0.3, -0.25) is 0 Å². The molecule has 1 N–H and O–H groups in total. The summed E-state index contributed by atoms with van der Waals surface area (Å²) in [6.07, 6.45) is 3.77. The lowest BCUT2D eigenvalue weighted by Gasteiger charge is -1.99. The normalized spacial score (nSPS) is 15.6. The molecule has 1 aromatic heterocycles. The number of fused-ring (bicyclic) bond motifs is 1. The van der Waals surface area contributed by atoms with Crippen LogP contribution in [0.4, 0.5) is 0 Å². The van der Waals surface area contributed by atoms with Crippen molar-refractivity contribution in [3.63, 3.8) is 0 Å². The lowest BCUT2D eigenvalue weighted by atomic mass is 10.5. The minimum absolute atomic E-state index is 1.12. The van der Waals surface area contributed by atoms with E-state index in [2.05, 4.69) is 15.4 Å². The molecule has 0 aliphatic carbocycles. The Bertz CT molecular complexity index is 241. The van der Waals surface area contributed by atoms with Crippen molar-refractivity contribution < 1.29 is 0 Å². The number of nitrogens with zero attached hydrogens (tertiary/aromatic N) is 1. The molecule has 2 heterocycles. The van der Waals surface area contributed by atoms with Crippen LogP contribution in [-0.4, -0.2) is 11.2 Å². The van der Waals surface area contributed by atoms with Crippen LogP contribution in [-0.2, 0) is 0 Å². The van der Waals surface area contributed by atoms with Crippen LogP contribution in [0.3, 0.4) is 0 Å². The Morgan fingerprint density at radius 1 is 1.56 bits per heavy atom. The van der Waals surface area contributed by atoms with E-state index in [9.17, 15) is 0 Å². The summed E-state index contributed by atoms with van der Waals surface area (Å²) in [6.45, 7) is 0. The van der Waals surface area contributed by atoms with Gasteiger partial charge in [-0.15, -0.1) is 0 Å². The number of nitrogens with one attached hydrogen (secondary N) is 1. The quantitative estimate of drug-likeness (QED) is 0.460. The van der Waals surface area contributed by atoms with Gasteiger partial charge in [0.25, 0.3) is 0 Å². The monoisotopic (exact) mass is 156 g/mol. The summed E-state index contributed by atoms with van der Waals surface area (Å²) >= 11 is 0. The van der Waals surface area contributed by atoms with Crippen LogP contribution < -0.4 is 0 Å². The topological polar surface area (TPSA) is 28.1 Å². The van der Waals surface area contributed by atoms with Crippen LogP contribution in [0.15, 0.2) is 21.6 Å². The fourth-order valence-corrected chi connectivity index (χ4v) is 2.21. The lowest BCUT2D eigenvalue weighted by Crippen LogP contribution is -1.83. The smallest absolute Gasteiger partial charge is 0.0720 e. The van der Waals surface area contributed by atoms with Gasteiger partial charge in [-0.1, -0.05) is 0 Å². The highest BCUT2D eigenvalue weighted by molar-refractivity contribution is 8.76. The summed E-state index contributed by atoms with van der Waals surface area (Å²) in [5, 5.41) is 0. The number of aromatic amines is 1. The maximum Gasteiger partial charge on any atom is 0.0720 e. The molecule has 0 unspecified atom stereocenters. The van der Waals surface area contributed by atoms with E-state index in [0.717, 1.165) is 5.69 Å². The van der Waals surface area contributed by atoms with Crippen molar-refractivity contribution in [2.75, 3.05) is 0 Å². The summed E-state index contributed by atoms with van der Waals surface area (Å²) in [5.41, 5.74) is 1.12. The molecular formula is C5H4N2S2. The predicted molar refractivity (Wildman–Crippen MR) is 41.8 cm³/mol. The summed E-state index contributed by atoms with van der Waals surface area (Å²) in [7, 11) is 3.19. The van der Waals surface area contributed by atoms with Crippen molar-refractivity contribution in [2.45, 2.75) is 4.90 Å². The Hall–Kier alpha value is -0.350. The molecule has 0 atom stereocenters. The second-order valence-electron chi connectivity index (χ2n) is 1.65. The highest BCUT2D eigenvalue weighted by Gasteiger charge is 2.05. The van der Waals surface area contributed by atoms with Gasteiger partial charge in [-0.05, 0) is 16.9 Å². The Morgan fingerprint density at radius 2 is 2.56 bits per heavy atom. The third kappa shape index (κ3) is 0.881. The minimum Gasteiger partial charge on any atom is -0.359 e. The summed E-state index contributed by atoms with van der Waals surface area (Å²) < 4.78 is 4.01. The average molecular weight is 156 g/mol. The summed E-state index contributed by atoms with van der Waals surface area (Å²) in [6, 6.07) is 2.05. The van der Waals surface area contributed by atoms with Crippen molar-refractivity contribution in [3.8, 4) is 0 Å². The zero-order chi connectivity index (χ0) is 6.10. The van der Waals surface area contributed by atoms with Gasteiger partial charge >= 0.3 is 0 Å². The third-order valence-electron chi connectivity index (χ3n) is 1.09. The van der Waals surface area contributed by atoms with Crippen LogP contribution in [0.1, 0.15) is 5.69 Å². The molecule has 1 aliphatic heterocycles. The second kappa shape index (κ2) is 2.11. The number of rotatable bonds is 0. The van der Waals surface area contributed by atoms with Crippen molar-refractivity contribution in [2.24, 2.45) is 4.40 Å². The van der Waals surface area contributed by atoms with Crippen LogP contribution in [0.25, 0.3) is 0 Å². The molecule has 0 aromatic carbocycles. The van der Waals surface area contributed by atoms with E-state index in [1.165, 1.54) is 15.9 Å². The van der Waals surface area contributed by atoms with E-state index < -0.39 is 0 Å². The number of hydrogen-bond acceptors (Lipinski definition) is 3. The Balaban J connectivity index is 2.53. The zero-order valence-corrected chi connectivity index (χ0v) is 6.13. The van der Waals surface area contributed by atoms with E-state index in [1.54, 1.807) is 10.8 Å². The predicted octanol–water partition coefficient (Wildman–Crippen LogP) is 2.10. The third-order valence-corrected chi connectivity index (χ3v) is 2.91. The average Bonchev–Trinajstić information content (AvgIpc) is 2.33. The van der Waals surface area contributed by atoms with E-state index in [0.29, 0.717) is 0 Å². The molecule has 2 nitrogen and oxygen atoms in total. The standard InChI is InChI=1S/C5H4N2S2/c1-2-6-4-3-7-9-8-5(1)4/h1-3,6H. The first-order valence-corrected chi connectivity index (χ1v) is 4.62. The molecule has 2 rings (SSSR count).